The first-order chi connectivity index (χ1) is 9.83. The molecule has 0 fully saturated rings. The molecule has 6 heteroatoms. The minimum absolute atomic E-state index is 0.179. The van der Waals surface area contributed by atoms with Gasteiger partial charge in [0.1, 0.15) is 5.60 Å². The van der Waals surface area contributed by atoms with Gasteiger partial charge in [-0.15, -0.1) is 0 Å². The van der Waals surface area contributed by atoms with Crippen LogP contribution in [0.5, 0.6) is 0 Å². The normalized spacial score (nSPS) is 11.0. The molecule has 5 nitrogen and oxygen atoms in total. The summed E-state index contributed by atoms with van der Waals surface area (Å²) in [5.41, 5.74) is 1.59. The van der Waals surface area contributed by atoms with E-state index in [0.717, 1.165) is 5.56 Å². The fourth-order valence-electron chi connectivity index (χ4n) is 1.67. The number of amides is 1. The molecule has 0 radical (unpaired) electrons. The van der Waals surface area contributed by atoms with E-state index in [1.807, 2.05) is 32.9 Å². The second kappa shape index (κ2) is 6.10. The van der Waals surface area contributed by atoms with E-state index in [1.165, 1.54) is 0 Å². The number of hydrogen-bond acceptors (Lipinski definition) is 4. The van der Waals surface area contributed by atoms with Crippen LogP contribution in [0.25, 0.3) is 11.3 Å². The first kappa shape index (κ1) is 15.3. The lowest BCUT2D eigenvalue weighted by atomic mass is 10.1. The van der Waals surface area contributed by atoms with Crippen LogP contribution in [-0.4, -0.2) is 21.7 Å². The van der Waals surface area contributed by atoms with E-state index in [-0.39, 0.29) is 5.28 Å². The average molecular weight is 306 g/mol. The molecule has 1 aromatic carbocycles. The predicted molar refractivity (Wildman–Crippen MR) is 82.3 cm³/mol. The van der Waals surface area contributed by atoms with E-state index in [4.69, 9.17) is 16.3 Å². The molecule has 2 aromatic rings. The van der Waals surface area contributed by atoms with Crippen molar-refractivity contribution >= 4 is 23.4 Å². The summed E-state index contributed by atoms with van der Waals surface area (Å²) in [5, 5.41) is 2.86. The first-order valence-electron chi connectivity index (χ1n) is 6.42. The van der Waals surface area contributed by atoms with Gasteiger partial charge in [-0.3, -0.25) is 5.32 Å². The molecule has 110 valence electrons. The zero-order chi connectivity index (χ0) is 15.5. The average Bonchev–Trinajstić information content (AvgIpc) is 2.36. The highest BCUT2D eigenvalue weighted by atomic mass is 35.5. The van der Waals surface area contributed by atoms with E-state index in [2.05, 4.69) is 15.3 Å². The van der Waals surface area contributed by atoms with Crippen molar-refractivity contribution in [1.29, 1.82) is 0 Å². The summed E-state index contributed by atoms with van der Waals surface area (Å²) in [5.74, 6) is 0. The van der Waals surface area contributed by atoms with Crippen LogP contribution in [0.1, 0.15) is 20.8 Å². The Morgan fingerprint density at radius 3 is 2.71 bits per heavy atom. The van der Waals surface area contributed by atoms with Gasteiger partial charge in [-0.05, 0) is 50.6 Å². The standard InChI is InChI=1S/C15H16ClN3O2/c1-15(2,3)21-14(20)18-11-6-4-5-10(9-11)12-7-8-17-13(16)19-12/h4-9H,1-3H3,(H,18,20). The fraction of sp³-hybridized carbons (Fsp3) is 0.267. The molecule has 1 amide bonds. The fourth-order valence-corrected chi connectivity index (χ4v) is 1.82. The van der Waals surface area contributed by atoms with Crippen LogP contribution >= 0.6 is 11.6 Å². The molecule has 0 bridgehead atoms. The monoisotopic (exact) mass is 305 g/mol. The lowest BCUT2D eigenvalue weighted by molar-refractivity contribution is 0.0636. The van der Waals surface area contributed by atoms with E-state index in [1.54, 1.807) is 24.4 Å². The Bertz CT molecular complexity index is 653. The lowest BCUT2D eigenvalue weighted by Crippen LogP contribution is -2.27. The Morgan fingerprint density at radius 2 is 2.05 bits per heavy atom. The van der Waals surface area contributed by atoms with E-state index < -0.39 is 11.7 Å². The van der Waals surface area contributed by atoms with Gasteiger partial charge in [0, 0.05) is 17.4 Å². The highest BCUT2D eigenvalue weighted by Crippen LogP contribution is 2.22. The Balaban J connectivity index is 2.17. The highest BCUT2D eigenvalue weighted by molar-refractivity contribution is 6.28. The molecular formula is C15H16ClN3O2. The minimum atomic E-state index is -0.540. The Morgan fingerprint density at radius 1 is 1.29 bits per heavy atom. The molecule has 0 saturated heterocycles. The van der Waals surface area contributed by atoms with Crippen molar-refractivity contribution in [1.82, 2.24) is 9.97 Å². The van der Waals surface area contributed by atoms with Crippen molar-refractivity contribution in [3.05, 3.63) is 41.8 Å². The molecule has 1 N–H and O–H groups in total. The van der Waals surface area contributed by atoms with Crippen molar-refractivity contribution in [3.63, 3.8) is 0 Å². The van der Waals surface area contributed by atoms with Gasteiger partial charge in [0.15, 0.2) is 0 Å². The van der Waals surface area contributed by atoms with Crippen LogP contribution in [0.2, 0.25) is 5.28 Å². The lowest BCUT2D eigenvalue weighted by Gasteiger charge is -2.19. The van der Waals surface area contributed by atoms with Gasteiger partial charge in [-0.1, -0.05) is 12.1 Å². The van der Waals surface area contributed by atoms with Crippen LogP contribution in [0, 0.1) is 0 Å². The number of benzene rings is 1. The number of anilines is 1. The summed E-state index contributed by atoms with van der Waals surface area (Å²) < 4.78 is 5.21. The maximum absolute atomic E-state index is 11.7. The van der Waals surface area contributed by atoms with Crippen molar-refractivity contribution in [3.8, 4) is 11.3 Å². The molecule has 2 rings (SSSR count). The van der Waals surface area contributed by atoms with E-state index in [0.29, 0.717) is 11.4 Å². The van der Waals surface area contributed by atoms with Crippen molar-refractivity contribution in [2.24, 2.45) is 0 Å². The molecule has 0 atom stereocenters. The van der Waals surface area contributed by atoms with Gasteiger partial charge in [-0.2, -0.15) is 0 Å². The van der Waals surface area contributed by atoms with Crippen molar-refractivity contribution in [2.45, 2.75) is 26.4 Å². The van der Waals surface area contributed by atoms with Gasteiger partial charge in [-0.25, -0.2) is 14.8 Å². The summed E-state index contributed by atoms with van der Waals surface area (Å²) in [6, 6.07) is 9.01. The first-order valence-corrected chi connectivity index (χ1v) is 6.80. The van der Waals surface area contributed by atoms with Crippen LogP contribution in [-0.2, 0) is 4.74 Å². The second-order valence-corrected chi connectivity index (χ2v) is 5.76. The molecule has 0 unspecified atom stereocenters. The highest BCUT2D eigenvalue weighted by Gasteiger charge is 2.16. The molecule has 0 saturated carbocycles. The summed E-state index contributed by atoms with van der Waals surface area (Å²) in [6.45, 7) is 5.43. The SMILES string of the molecule is CC(C)(C)OC(=O)Nc1cccc(-c2ccnc(Cl)n2)c1. The summed E-state index contributed by atoms with van der Waals surface area (Å²) in [6.07, 6.45) is 1.08. The molecule has 0 aliphatic heterocycles. The number of hydrogen-bond donors (Lipinski definition) is 1. The Hall–Kier alpha value is -2.14. The van der Waals surface area contributed by atoms with Crippen molar-refractivity contribution < 1.29 is 9.53 Å². The van der Waals surface area contributed by atoms with Gasteiger partial charge in [0.25, 0.3) is 0 Å². The zero-order valence-corrected chi connectivity index (χ0v) is 12.8. The van der Waals surface area contributed by atoms with Crippen molar-refractivity contribution in [2.75, 3.05) is 5.32 Å². The maximum atomic E-state index is 11.7. The predicted octanol–water partition coefficient (Wildman–Crippen LogP) is 4.14. The largest absolute Gasteiger partial charge is 0.444 e. The molecule has 0 aliphatic rings. The number of ether oxygens (including phenoxy) is 1. The molecule has 1 aromatic heterocycles. The molecule has 21 heavy (non-hydrogen) atoms. The van der Waals surface area contributed by atoms with Gasteiger partial charge in [0.2, 0.25) is 5.28 Å². The molecule has 1 heterocycles. The van der Waals surface area contributed by atoms with Gasteiger partial charge < -0.3 is 4.74 Å². The topological polar surface area (TPSA) is 64.1 Å². The van der Waals surface area contributed by atoms with Gasteiger partial charge in [0.05, 0.1) is 5.69 Å². The summed E-state index contributed by atoms with van der Waals surface area (Å²) in [7, 11) is 0. The van der Waals surface area contributed by atoms with Crippen LogP contribution < -0.4 is 5.32 Å². The molecule has 0 spiro atoms. The van der Waals surface area contributed by atoms with Crippen LogP contribution in [0.3, 0.4) is 0 Å². The maximum Gasteiger partial charge on any atom is 0.412 e. The van der Waals surface area contributed by atoms with Crippen LogP contribution in [0.15, 0.2) is 36.5 Å². The second-order valence-electron chi connectivity index (χ2n) is 5.42. The number of aromatic nitrogens is 2. The van der Waals surface area contributed by atoms with Crippen LogP contribution in [0.4, 0.5) is 10.5 Å². The number of rotatable bonds is 2. The number of nitrogens with one attached hydrogen (secondary N) is 1. The van der Waals surface area contributed by atoms with E-state index >= 15 is 0 Å². The Kier molecular flexibility index (Phi) is 4.43. The smallest absolute Gasteiger partial charge is 0.412 e. The van der Waals surface area contributed by atoms with E-state index in [9.17, 15) is 4.79 Å². The third kappa shape index (κ3) is 4.72. The van der Waals surface area contributed by atoms with Gasteiger partial charge >= 0.3 is 6.09 Å². The molecule has 0 aliphatic carbocycles. The molecular weight excluding hydrogens is 290 g/mol. The number of halogens is 1. The number of nitrogens with zero attached hydrogens (tertiary/aromatic N) is 2. The quantitative estimate of drug-likeness (QED) is 0.847. The number of carbonyl (C=O) groups excluding carboxylic acids is 1. The zero-order valence-electron chi connectivity index (χ0n) is 12.1. The summed E-state index contributed by atoms with van der Waals surface area (Å²) >= 11 is 5.78. The third-order valence-electron chi connectivity index (χ3n) is 2.43. The number of carbonyl (C=O) groups is 1. The summed E-state index contributed by atoms with van der Waals surface area (Å²) in [4.78, 5) is 19.7. The third-order valence-corrected chi connectivity index (χ3v) is 2.61. The Labute approximate surface area is 128 Å². The minimum Gasteiger partial charge on any atom is -0.444 e.